The van der Waals surface area contributed by atoms with E-state index in [0.717, 1.165) is 28.3 Å². The summed E-state index contributed by atoms with van der Waals surface area (Å²) in [4.78, 5) is 11.1. The van der Waals surface area contributed by atoms with E-state index in [1.165, 1.54) is 10.5 Å². The summed E-state index contributed by atoms with van der Waals surface area (Å²) in [5.41, 5.74) is 1.27. The molecule has 0 radical (unpaired) electrons. The fraction of sp³-hybridized carbons (Fsp3) is 0.294. The SMILES string of the molecule is COc1ccc([C@@H](CNc2ncnc3sccc23)[NH+](C)C)cc1. The first kappa shape index (κ1) is 15.7. The normalized spacial score (nSPS) is 12.5. The molecule has 2 N–H and O–H groups in total. The number of rotatable bonds is 6. The minimum atomic E-state index is 0.324. The lowest BCUT2D eigenvalue weighted by molar-refractivity contribution is -0.890. The molecule has 0 saturated carbocycles. The van der Waals surface area contributed by atoms with Gasteiger partial charge in [0.1, 0.15) is 28.8 Å². The number of ether oxygens (including phenoxy) is 1. The van der Waals surface area contributed by atoms with Crippen molar-refractivity contribution in [3.63, 3.8) is 0 Å². The van der Waals surface area contributed by atoms with Gasteiger partial charge in [-0.3, -0.25) is 0 Å². The summed E-state index contributed by atoms with van der Waals surface area (Å²) in [6.07, 6.45) is 1.62. The molecular formula is C17H21N4OS+. The van der Waals surface area contributed by atoms with Crippen LogP contribution in [0.15, 0.2) is 42.0 Å². The Kier molecular flexibility index (Phi) is 4.73. The smallest absolute Gasteiger partial charge is 0.138 e. The molecule has 0 amide bonds. The van der Waals surface area contributed by atoms with Crippen LogP contribution in [0.25, 0.3) is 10.2 Å². The summed E-state index contributed by atoms with van der Waals surface area (Å²) < 4.78 is 5.24. The third kappa shape index (κ3) is 3.43. The van der Waals surface area contributed by atoms with Crippen molar-refractivity contribution in [2.75, 3.05) is 33.1 Å². The second-order valence-electron chi connectivity index (χ2n) is 5.65. The summed E-state index contributed by atoms with van der Waals surface area (Å²) >= 11 is 1.63. The van der Waals surface area contributed by atoms with Gasteiger partial charge < -0.3 is 15.0 Å². The molecule has 23 heavy (non-hydrogen) atoms. The first-order valence-electron chi connectivity index (χ1n) is 7.55. The van der Waals surface area contributed by atoms with Gasteiger partial charge in [-0.2, -0.15) is 0 Å². The summed E-state index contributed by atoms with van der Waals surface area (Å²) in [5.74, 6) is 1.78. The number of quaternary nitrogens is 1. The highest BCUT2D eigenvalue weighted by Crippen LogP contribution is 2.24. The Bertz CT molecular complexity index is 770. The van der Waals surface area contributed by atoms with Crippen LogP contribution in [0.2, 0.25) is 0 Å². The fourth-order valence-corrected chi connectivity index (χ4v) is 3.35. The van der Waals surface area contributed by atoms with Crippen LogP contribution >= 0.6 is 11.3 Å². The van der Waals surface area contributed by atoms with E-state index in [4.69, 9.17) is 4.74 Å². The van der Waals surface area contributed by atoms with E-state index >= 15 is 0 Å². The number of aromatic nitrogens is 2. The zero-order valence-electron chi connectivity index (χ0n) is 13.5. The number of hydrogen-bond donors (Lipinski definition) is 2. The lowest BCUT2D eigenvalue weighted by Crippen LogP contribution is -3.06. The predicted octanol–water partition coefficient (Wildman–Crippen LogP) is 2.00. The lowest BCUT2D eigenvalue weighted by atomic mass is 10.1. The summed E-state index contributed by atoms with van der Waals surface area (Å²) in [6, 6.07) is 10.6. The molecule has 0 bridgehead atoms. The Morgan fingerprint density at radius 3 is 2.65 bits per heavy atom. The highest BCUT2D eigenvalue weighted by atomic mass is 32.1. The molecule has 2 heterocycles. The molecule has 0 unspecified atom stereocenters. The van der Waals surface area contributed by atoms with Crippen molar-refractivity contribution in [2.45, 2.75) is 6.04 Å². The van der Waals surface area contributed by atoms with Crippen LogP contribution in [0.5, 0.6) is 5.75 Å². The molecule has 3 aromatic rings. The quantitative estimate of drug-likeness (QED) is 0.726. The fourth-order valence-electron chi connectivity index (χ4n) is 2.62. The van der Waals surface area contributed by atoms with Crippen LogP contribution < -0.4 is 15.0 Å². The van der Waals surface area contributed by atoms with Gasteiger partial charge in [0.25, 0.3) is 0 Å². The van der Waals surface area contributed by atoms with Crippen molar-refractivity contribution < 1.29 is 9.64 Å². The van der Waals surface area contributed by atoms with Crippen LogP contribution in [0.4, 0.5) is 5.82 Å². The minimum Gasteiger partial charge on any atom is -0.497 e. The van der Waals surface area contributed by atoms with E-state index in [9.17, 15) is 0 Å². The summed E-state index contributed by atoms with van der Waals surface area (Å²) in [7, 11) is 6.01. The van der Waals surface area contributed by atoms with Gasteiger partial charge in [0, 0.05) is 5.56 Å². The van der Waals surface area contributed by atoms with Gasteiger partial charge >= 0.3 is 0 Å². The van der Waals surface area contributed by atoms with Gasteiger partial charge in [-0.15, -0.1) is 11.3 Å². The zero-order chi connectivity index (χ0) is 16.2. The second-order valence-corrected chi connectivity index (χ2v) is 6.54. The molecule has 0 aliphatic rings. The Balaban J connectivity index is 1.78. The number of fused-ring (bicyclic) bond motifs is 1. The Morgan fingerprint density at radius 2 is 1.96 bits per heavy atom. The number of hydrogen-bond acceptors (Lipinski definition) is 5. The molecule has 0 saturated heterocycles. The monoisotopic (exact) mass is 329 g/mol. The number of methoxy groups -OCH3 is 1. The number of thiophene rings is 1. The summed E-state index contributed by atoms with van der Waals surface area (Å²) in [5, 5.41) is 6.61. The molecule has 6 heteroatoms. The van der Waals surface area contributed by atoms with Crippen LogP contribution in [0.3, 0.4) is 0 Å². The number of anilines is 1. The van der Waals surface area contributed by atoms with Crippen molar-refractivity contribution >= 4 is 27.4 Å². The van der Waals surface area contributed by atoms with Crippen molar-refractivity contribution in [2.24, 2.45) is 0 Å². The Labute approximate surface area is 139 Å². The second kappa shape index (κ2) is 6.93. The van der Waals surface area contributed by atoms with Crippen LogP contribution in [-0.2, 0) is 0 Å². The van der Waals surface area contributed by atoms with Crippen molar-refractivity contribution in [1.29, 1.82) is 0 Å². The standard InChI is InChI=1S/C17H20N4OS/c1-21(2)15(12-4-6-13(22-3)7-5-12)10-18-16-14-8-9-23-17(14)20-11-19-16/h4-9,11,15H,10H2,1-3H3,(H,18,19,20)/p+1/t15-/m1/s1. The van der Waals surface area contributed by atoms with Gasteiger partial charge in [0.05, 0.1) is 33.1 Å². The number of likely N-dealkylation sites (N-methyl/N-ethyl adjacent to an activating group) is 1. The highest BCUT2D eigenvalue weighted by molar-refractivity contribution is 7.16. The van der Waals surface area contributed by atoms with E-state index in [1.54, 1.807) is 24.8 Å². The maximum Gasteiger partial charge on any atom is 0.138 e. The van der Waals surface area contributed by atoms with Gasteiger partial charge in [-0.1, -0.05) is 0 Å². The van der Waals surface area contributed by atoms with Crippen molar-refractivity contribution in [3.8, 4) is 5.75 Å². The van der Waals surface area contributed by atoms with E-state index < -0.39 is 0 Å². The minimum absolute atomic E-state index is 0.324. The van der Waals surface area contributed by atoms with Crippen LogP contribution in [0, 0.1) is 0 Å². The Morgan fingerprint density at radius 1 is 1.17 bits per heavy atom. The molecule has 120 valence electrons. The topological polar surface area (TPSA) is 51.5 Å². The lowest BCUT2D eigenvalue weighted by Gasteiger charge is -2.22. The van der Waals surface area contributed by atoms with Crippen LogP contribution in [0.1, 0.15) is 11.6 Å². The molecule has 3 rings (SSSR count). The zero-order valence-corrected chi connectivity index (χ0v) is 14.4. The first-order chi connectivity index (χ1) is 11.2. The molecular weight excluding hydrogens is 308 g/mol. The third-order valence-electron chi connectivity index (χ3n) is 3.95. The molecule has 0 fully saturated rings. The largest absolute Gasteiger partial charge is 0.497 e. The van der Waals surface area contributed by atoms with E-state index in [0.29, 0.717) is 6.04 Å². The third-order valence-corrected chi connectivity index (χ3v) is 4.77. The van der Waals surface area contributed by atoms with E-state index in [2.05, 4.69) is 47.6 Å². The molecule has 5 nitrogen and oxygen atoms in total. The molecule has 1 atom stereocenters. The number of nitrogens with zero attached hydrogens (tertiary/aromatic N) is 2. The highest BCUT2D eigenvalue weighted by Gasteiger charge is 2.18. The molecule has 0 aliphatic carbocycles. The maximum absolute atomic E-state index is 5.24. The molecule has 1 aromatic carbocycles. The van der Waals surface area contributed by atoms with Crippen molar-refractivity contribution in [3.05, 3.63) is 47.6 Å². The van der Waals surface area contributed by atoms with Crippen molar-refractivity contribution in [1.82, 2.24) is 9.97 Å². The van der Waals surface area contributed by atoms with Gasteiger partial charge in [-0.05, 0) is 35.7 Å². The average Bonchev–Trinajstić information content (AvgIpc) is 3.04. The van der Waals surface area contributed by atoms with Crippen LogP contribution in [-0.4, -0.2) is 37.7 Å². The van der Waals surface area contributed by atoms with Gasteiger partial charge in [0.2, 0.25) is 0 Å². The molecule has 2 aromatic heterocycles. The summed E-state index contributed by atoms with van der Waals surface area (Å²) in [6.45, 7) is 0.802. The average molecular weight is 329 g/mol. The maximum atomic E-state index is 5.24. The van der Waals surface area contributed by atoms with Gasteiger partial charge in [-0.25, -0.2) is 9.97 Å². The first-order valence-corrected chi connectivity index (χ1v) is 8.43. The number of benzene rings is 1. The molecule has 0 aliphatic heterocycles. The predicted molar refractivity (Wildman–Crippen MR) is 94.5 cm³/mol. The van der Waals surface area contributed by atoms with E-state index in [1.807, 2.05) is 17.5 Å². The number of nitrogens with one attached hydrogen (secondary N) is 2. The Hall–Kier alpha value is -2.18. The molecule has 0 spiro atoms. The van der Waals surface area contributed by atoms with Gasteiger partial charge in [0.15, 0.2) is 0 Å². The van der Waals surface area contributed by atoms with E-state index in [-0.39, 0.29) is 0 Å².